The monoisotopic (exact) mass is 645 g/mol. The molecule has 3 atom stereocenters. The number of hydrogen-bond acceptors (Lipinski definition) is 4. The number of hydrogen-bond donors (Lipinski definition) is 1. The van der Waals surface area contributed by atoms with Gasteiger partial charge in [0.15, 0.2) is 0 Å². The fourth-order valence-corrected chi connectivity index (χ4v) is 7.45. The van der Waals surface area contributed by atoms with E-state index in [-0.39, 0.29) is 60.3 Å². The Labute approximate surface area is 270 Å². The molecule has 1 N–H and O–H groups in total. The van der Waals surface area contributed by atoms with Crippen LogP contribution < -0.4 is 5.32 Å². The third-order valence-electron chi connectivity index (χ3n) is 9.91. The minimum Gasteiger partial charge on any atom is -0.449 e. The van der Waals surface area contributed by atoms with Gasteiger partial charge < -0.3 is 15.0 Å². The largest absolute Gasteiger partial charge is 0.449 e. The van der Waals surface area contributed by atoms with Gasteiger partial charge in [-0.1, -0.05) is 35.1 Å². The number of fused-ring (bicyclic) bond motifs is 1. The molecular formula is C35H59F4N3O3. The van der Waals surface area contributed by atoms with Gasteiger partial charge in [-0.05, 0) is 112 Å². The number of cyclic esters (lactones) is 1. The van der Waals surface area contributed by atoms with E-state index in [2.05, 4.69) is 5.32 Å². The maximum absolute atomic E-state index is 13.9. The number of amides is 2. The van der Waals surface area contributed by atoms with Crippen LogP contribution in [0.2, 0.25) is 0 Å². The fraction of sp³-hybridized carbons (Fsp3) is 0.771. The average Bonchev–Trinajstić information content (AvgIpc) is 3.75. The van der Waals surface area contributed by atoms with E-state index in [0.29, 0.717) is 50.5 Å². The molecule has 0 spiro atoms. The number of nitrogens with one attached hydrogen (secondary N) is 1. The van der Waals surface area contributed by atoms with Gasteiger partial charge >= 0.3 is 12.3 Å². The Kier molecular flexibility index (Phi) is 15.1. The number of alkyl halides is 3. The second-order valence-electron chi connectivity index (χ2n) is 13.1. The van der Waals surface area contributed by atoms with Gasteiger partial charge in [-0.25, -0.2) is 9.18 Å². The van der Waals surface area contributed by atoms with E-state index in [0.717, 1.165) is 69.0 Å². The van der Waals surface area contributed by atoms with Crippen LogP contribution in [0.3, 0.4) is 0 Å². The molecule has 0 aromatic heterocycles. The van der Waals surface area contributed by atoms with Crippen molar-refractivity contribution in [3.05, 3.63) is 35.1 Å². The lowest BCUT2D eigenvalue weighted by Gasteiger charge is -2.32. The van der Waals surface area contributed by atoms with E-state index >= 15 is 0 Å². The van der Waals surface area contributed by atoms with E-state index in [1.54, 1.807) is 4.90 Å². The van der Waals surface area contributed by atoms with Crippen molar-refractivity contribution >= 4 is 12.0 Å². The summed E-state index contributed by atoms with van der Waals surface area (Å²) in [6, 6.07) is 2.68. The molecular weight excluding hydrogens is 586 g/mol. The number of benzene rings is 1. The SMILES string of the molecule is C.C.C.O=C(NCC1CCCC2CC12)C1CCC(CN2CCCCN(Cc3cc(F)cc(C(F)(F)F)c3)CCCOC2=O)CC1.[HH]. The Bertz CT molecular complexity index is 1080. The van der Waals surface area contributed by atoms with Crippen molar-refractivity contribution in [1.82, 2.24) is 15.1 Å². The molecule has 1 aromatic rings. The van der Waals surface area contributed by atoms with E-state index in [1.165, 1.54) is 25.7 Å². The molecule has 6 nitrogen and oxygen atoms in total. The highest BCUT2D eigenvalue weighted by Gasteiger charge is 2.45. The summed E-state index contributed by atoms with van der Waals surface area (Å²) in [7, 11) is 0. The van der Waals surface area contributed by atoms with Crippen LogP contribution in [0.5, 0.6) is 0 Å². The molecule has 2 amide bonds. The van der Waals surface area contributed by atoms with Crippen molar-refractivity contribution in [1.29, 1.82) is 0 Å². The van der Waals surface area contributed by atoms with E-state index in [4.69, 9.17) is 4.74 Å². The van der Waals surface area contributed by atoms with Crippen molar-refractivity contribution in [2.75, 3.05) is 39.3 Å². The highest BCUT2D eigenvalue weighted by Crippen LogP contribution is 2.52. The van der Waals surface area contributed by atoms with Crippen LogP contribution in [0.1, 0.15) is 105 Å². The average molecular weight is 646 g/mol. The summed E-state index contributed by atoms with van der Waals surface area (Å²) in [5.41, 5.74) is -0.698. The quantitative estimate of drug-likeness (QED) is 0.301. The molecule has 10 heteroatoms. The van der Waals surface area contributed by atoms with Crippen LogP contribution in [-0.4, -0.2) is 61.1 Å². The lowest BCUT2D eigenvalue weighted by molar-refractivity contribution is -0.137. The second kappa shape index (κ2) is 17.5. The van der Waals surface area contributed by atoms with Crippen LogP contribution in [0.25, 0.3) is 0 Å². The zero-order valence-corrected chi connectivity index (χ0v) is 24.5. The minimum absolute atomic E-state index is 0. The van der Waals surface area contributed by atoms with Crippen LogP contribution in [0.15, 0.2) is 18.2 Å². The van der Waals surface area contributed by atoms with Gasteiger partial charge in [-0.15, -0.1) is 0 Å². The third-order valence-corrected chi connectivity index (χ3v) is 9.91. The Balaban J connectivity index is 0.00000264. The van der Waals surface area contributed by atoms with Crippen LogP contribution in [0.4, 0.5) is 22.4 Å². The number of halogens is 4. The summed E-state index contributed by atoms with van der Waals surface area (Å²) in [6.07, 6.45) is 5.91. The molecule has 260 valence electrons. The van der Waals surface area contributed by atoms with Crippen molar-refractivity contribution in [2.45, 2.75) is 106 Å². The molecule has 4 fully saturated rings. The van der Waals surface area contributed by atoms with Gasteiger partial charge in [-0.3, -0.25) is 9.69 Å². The standard InChI is InChI=1S/C32H45F4N3O3.3CH4.H2/c33-28-16-23(15-27(18-28)32(34,35)36)20-38-11-1-2-13-39(31(41)42-14-4-12-38)21-22-7-9-24(10-8-22)30(40)37-19-26-6-3-5-25-17-29(25)26;;;;/h15-16,18,22,24-26,29H,1-14,17,19-21H2,(H,37,40);3*1H4;1H. The molecule has 1 saturated heterocycles. The first-order chi connectivity index (χ1) is 20.2. The minimum atomic E-state index is -4.60. The smallest absolute Gasteiger partial charge is 0.416 e. The topological polar surface area (TPSA) is 61.9 Å². The molecule has 1 aliphatic heterocycles. The summed E-state index contributed by atoms with van der Waals surface area (Å²) in [5, 5.41) is 3.25. The number of ether oxygens (including phenoxy) is 1. The molecule has 0 bridgehead atoms. The first kappa shape index (κ1) is 38.8. The molecule has 5 rings (SSSR count). The van der Waals surface area contributed by atoms with E-state index in [1.807, 2.05) is 4.90 Å². The van der Waals surface area contributed by atoms with Gasteiger partial charge in [0, 0.05) is 40.1 Å². The first-order valence-corrected chi connectivity index (χ1v) is 15.9. The van der Waals surface area contributed by atoms with Crippen molar-refractivity contribution in [3.8, 4) is 0 Å². The zero-order chi connectivity index (χ0) is 29.7. The highest BCUT2D eigenvalue weighted by molar-refractivity contribution is 5.78. The molecule has 3 unspecified atom stereocenters. The predicted molar refractivity (Wildman–Crippen MR) is 173 cm³/mol. The van der Waals surface area contributed by atoms with Gasteiger partial charge in [0.05, 0.1) is 12.2 Å². The number of nitrogens with zero attached hydrogens (tertiary/aromatic N) is 2. The summed E-state index contributed by atoms with van der Waals surface area (Å²) in [6.45, 7) is 3.60. The van der Waals surface area contributed by atoms with E-state index < -0.39 is 17.6 Å². The highest BCUT2D eigenvalue weighted by atomic mass is 19.4. The van der Waals surface area contributed by atoms with Crippen molar-refractivity contribution in [3.63, 3.8) is 0 Å². The van der Waals surface area contributed by atoms with Crippen molar-refractivity contribution < 1.29 is 33.3 Å². The normalized spacial score (nSPS) is 27.7. The molecule has 1 aromatic carbocycles. The summed E-state index contributed by atoms with van der Waals surface area (Å²) in [5.74, 6) is 2.12. The molecule has 4 aliphatic rings. The zero-order valence-electron chi connectivity index (χ0n) is 24.5. The van der Waals surface area contributed by atoms with Gasteiger partial charge in [-0.2, -0.15) is 13.2 Å². The summed E-state index contributed by atoms with van der Waals surface area (Å²) < 4.78 is 58.9. The Hall–Kier alpha value is -2.36. The number of carbonyl (C=O) groups excluding carboxylic acids is 2. The second-order valence-corrected chi connectivity index (χ2v) is 13.1. The molecule has 45 heavy (non-hydrogen) atoms. The third kappa shape index (κ3) is 11.1. The number of carbonyl (C=O) groups is 2. The molecule has 0 radical (unpaired) electrons. The molecule has 3 aliphatic carbocycles. The lowest BCUT2D eigenvalue weighted by atomic mass is 9.81. The molecule has 1 heterocycles. The van der Waals surface area contributed by atoms with Crippen molar-refractivity contribution in [2.24, 2.45) is 29.6 Å². The summed E-state index contributed by atoms with van der Waals surface area (Å²) in [4.78, 5) is 29.5. The first-order valence-electron chi connectivity index (χ1n) is 15.9. The van der Waals surface area contributed by atoms with Gasteiger partial charge in [0.25, 0.3) is 0 Å². The Morgan fingerprint density at radius 1 is 0.933 bits per heavy atom. The van der Waals surface area contributed by atoms with Gasteiger partial charge in [0.1, 0.15) is 5.82 Å². The maximum Gasteiger partial charge on any atom is 0.416 e. The van der Waals surface area contributed by atoms with Crippen LogP contribution >= 0.6 is 0 Å². The van der Waals surface area contributed by atoms with Crippen LogP contribution in [0, 0.1) is 35.4 Å². The Morgan fingerprint density at radius 2 is 1.64 bits per heavy atom. The predicted octanol–water partition coefficient (Wildman–Crippen LogP) is 8.78. The summed E-state index contributed by atoms with van der Waals surface area (Å²) >= 11 is 0. The van der Waals surface area contributed by atoms with Crippen LogP contribution in [-0.2, 0) is 22.3 Å². The maximum atomic E-state index is 13.9. The lowest BCUT2D eigenvalue weighted by Crippen LogP contribution is -2.40. The fourth-order valence-electron chi connectivity index (χ4n) is 7.45. The van der Waals surface area contributed by atoms with E-state index in [9.17, 15) is 27.2 Å². The Morgan fingerprint density at radius 3 is 2.38 bits per heavy atom. The molecule has 3 saturated carbocycles. The number of rotatable bonds is 7. The van der Waals surface area contributed by atoms with Gasteiger partial charge in [0.2, 0.25) is 5.91 Å².